The summed E-state index contributed by atoms with van der Waals surface area (Å²) in [4.78, 5) is 0. The molecule has 6 nitrogen and oxygen atoms in total. The highest BCUT2D eigenvalue weighted by Gasteiger charge is 1.63. The van der Waals surface area contributed by atoms with E-state index in [1.54, 1.807) is 0 Å². The third-order valence-corrected chi connectivity index (χ3v) is 0.632. The highest BCUT2D eigenvalue weighted by Crippen LogP contribution is 1.59. The van der Waals surface area contributed by atoms with Crippen molar-refractivity contribution in [3.05, 3.63) is 0 Å². The topological polar surface area (TPSA) is 121 Å². The van der Waals surface area contributed by atoms with Crippen molar-refractivity contribution in [2.75, 3.05) is 11.9 Å². The highest BCUT2D eigenvalue weighted by molar-refractivity contribution is 7.79. The number of aliphatic hydroxyl groups is 2. The SMILES string of the molecule is O=S([O-])CO.O=S([O-])CO.[Mg]. The fourth-order valence-corrected chi connectivity index (χ4v) is 0. The van der Waals surface area contributed by atoms with Gasteiger partial charge in [-0.3, -0.25) is 8.42 Å². The first-order valence-electron chi connectivity index (χ1n) is 1.88. The molecule has 0 aromatic heterocycles. The van der Waals surface area contributed by atoms with Crippen molar-refractivity contribution in [3.8, 4) is 0 Å². The Kier molecular flexibility index (Phi) is 21.9. The molecule has 0 fully saturated rings. The lowest BCUT2D eigenvalue weighted by atomic mass is 11.7. The zero-order valence-corrected chi connectivity index (χ0v) is 8.51. The molecule has 2 N–H and O–H groups in total. The van der Waals surface area contributed by atoms with Crippen molar-refractivity contribution in [1.82, 2.24) is 0 Å². The minimum atomic E-state index is -2.27. The predicted molar refractivity (Wildman–Crippen MR) is 37.8 cm³/mol. The highest BCUT2D eigenvalue weighted by atomic mass is 32.2. The lowest BCUT2D eigenvalue weighted by Crippen LogP contribution is -1.90. The largest absolute Gasteiger partial charge is 0.771 e. The van der Waals surface area contributed by atoms with Gasteiger partial charge in [0.05, 0.1) is 0 Å². The quantitative estimate of drug-likeness (QED) is 0.380. The Morgan fingerprint density at radius 3 is 1.09 bits per heavy atom. The molecule has 0 heterocycles. The van der Waals surface area contributed by atoms with Crippen LogP contribution in [-0.4, -0.2) is 62.7 Å². The summed E-state index contributed by atoms with van der Waals surface area (Å²) >= 11 is -4.53. The van der Waals surface area contributed by atoms with Gasteiger partial charge in [0.25, 0.3) is 0 Å². The molecule has 2 radical (unpaired) electrons. The molecule has 11 heavy (non-hydrogen) atoms. The normalized spacial score (nSPS) is 13.5. The van der Waals surface area contributed by atoms with Crippen LogP contribution in [-0.2, 0) is 22.2 Å². The van der Waals surface area contributed by atoms with E-state index in [4.69, 9.17) is 27.7 Å². The Morgan fingerprint density at radius 1 is 1.00 bits per heavy atom. The lowest BCUT2D eigenvalue weighted by molar-refractivity contribution is 0.351. The van der Waals surface area contributed by atoms with Gasteiger partial charge in [-0.25, -0.2) is 0 Å². The molecule has 0 aromatic rings. The van der Waals surface area contributed by atoms with Gasteiger partial charge in [0, 0.05) is 23.1 Å². The molecule has 0 aromatic carbocycles. The van der Waals surface area contributed by atoms with E-state index in [0.29, 0.717) is 0 Å². The summed E-state index contributed by atoms with van der Waals surface area (Å²) in [7, 11) is 0. The van der Waals surface area contributed by atoms with Crippen LogP contribution in [0.4, 0.5) is 0 Å². The van der Waals surface area contributed by atoms with E-state index in [-0.39, 0.29) is 23.1 Å². The van der Waals surface area contributed by atoms with Crippen LogP contribution in [0, 0.1) is 0 Å². The van der Waals surface area contributed by atoms with E-state index in [1.165, 1.54) is 0 Å². The van der Waals surface area contributed by atoms with E-state index in [1.807, 2.05) is 0 Å². The lowest BCUT2D eigenvalue weighted by Gasteiger charge is -1.92. The summed E-state index contributed by atoms with van der Waals surface area (Å²) in [6.45, 7) is 0. The Morgan fingerprint density at radius 2 is 1.09 bits per heavy atom. The fourth-order valence-electron chi connectivity index (χ4n) is 0. The standard InChI is InChI=1S/2CH4O3S.Mg/c2*2-1-5(3)4;/h2*2H,1H2,(H,3,4);/p-2. The molecule has 0 aliphatic heterocycles. The second-order valence-electron chi connectivity index (χ2n) is 0.866. The minimum Gasteiger partial charge on any atom is -0.771 e. The molecule has 2 atom stereocenters. The van der Waals surface area contributed by atoms with Crippen LogP contribution in [0.1, 0.15) is 0 Å². The summed E-state index contributed by atoms with van der Waals surface area (Å²) in [5.41, 5.74) is 0. The maximum atomic E-state index is 9.12. The van der Waals surface area contributed by atoms with Crippen molar-refractivity contribution in [3.63, 3.8) is 0 Å². The first-order chi connectivity index (χ1) is 4.54. The van der Waals surface area contributed by atoms with E-state index in [0.717, 1.165) is 0 Å². The van der Waals surface area contributed by atoms with E-state index in [9.17, 15) is 0 Å². The van der Waals surface area contributed by atoms with Crippen molar-refractivity contribution in [2.45, 2.75) is 0 Å². The summed E-state index contributed by atoms with van der Waals surface area (Å²) in [5.74, 6) is -1.56. The summed E-state index contributed by atoms with van der Waals surface area (Å²) in [5, 5.41) is 15.1. The number of hydrogen-bond acceptors (Lipinski definition) is 6. The minimum absolute atomic E-state index is 0. The second-order valence-corrected chi connectivity index (χ2v) is 2.60. The van der Waals surface area contributed by atoms with Crippen LogP contribution < -0.4 is 0 Å². The van der Waals surface area contributed by atoms with Crippen molar-refractivity contribution >= 4 is 45.2 Å². The Balaban J connectivity index is -0.000000107. The summed E-state index contributed by atoms with van der Waals surface area (Å²) in [6.07, 6.45) is 0. The Bertz CT molecular complexity index is 103. The van der Waals surface area contributed by atoms with Crippen molar-refractivity contribution < 1.29 is 27.7 Å². The van der Waals surface area contributed by atoms with E-state index < -0.39 is 34.0 Å². The van der Waals surface area contributed by atoms with Crippen LogP contribution in [0.15, 0.2) is 0 Å². The van der Waals surface area contributed by atoms with Gasteiger partial charge in [0.2, 0.25) is 0 Å². The van der Waals surface area contributed by atoms with E-state index >= 15 is 0 Å². The molecule has 66 valence electrons. The van der Waals surface area contributed by atoms with Crippen molar-refractivity contribution in [2.24, 2.45) is 0 Å². The number of aliphatic hydroxyl groups excluding tert-OH is 2. The molecule has 2 unspecified atom stereocenters. The second kappa shape index (κ2) is 13.5. The molecular formula is C2H6MgO6S2-2. The molecule has 0 aliphatic rings. The summed E-state index contributed by atoms with van der Waals surface area (Å²) < 4.78 is 36.5. The van der Waals surface area contributed by atoms with Gasteiger partial charge >= 0.3 is 0 Å². The van der Waals surface area contributed by atoms with Gasteiger partial charge in [0.15, 0.2) is 0 Å². The van der Waals surface area contributed by atoms with Crippen molar-refractivity contribution in [1.29, 1.82) is 0 Å². The van der Waals surface area contributed by atoms with Crippen LogP contribution in [0.5, 0.6) is 0 Å². The first-order valence-corrected chi connectivity index (χ1v) is 4.36. The monoisotopic (exact) mass is 214 g/mol. The molecular weight excluding hydrogens is 208 g/mol. The Hall–Kier alpha value is 0.906. The zero-order chi connectivity index (χ0) is 8.57. The average molecular weight is 215 g/mol. The van der Waals surface area contributed by atoms with Crippen LogP contribution in [0.2, 0.25) is 0 Å². The fraction of sp³-hybridized carbons (Fsp3) is 1.00. The Labute approximate surface area is 84.7 Å². The van der Waals surface area contributed by atoms with Gasteiger partial charge in [-0.2, -0.15) is 0 Å². The van der Waals surface area contributed by atoms with Gasteiger partial charge in [-0.15, -0.1) is 0 Å². The molecule has 0 bridgehead atoms. The van der Waals surface area contributed by atoms with Crippen LogP contribution in [0.25, 0.3) is 0 Å². The van der Waals surface area contributed by atoms with Gasteiger partial charge in [0.1, 0.15) is 11.9 Å². The third-order valence-electron chi connectivity index (χ3n) is 0.211. The molecule has 0 saturated heterocycles. The summed E-state index contributed by atoms with van der Waals surface area (Å²) in [6, 6.07) is 0. The smallest absolute Gasteiger partial charge is 0.105 e. The maximum absolute atomic E-state index is 9.12. The predicted octanol–water partition coefficient (Wildman–Crippen LogP) is -2.75. The number of hydrogen-bond donors (Lipinski definition) is 2. The first kappa shape index (κ1) is 17.9. The van der Waals surface area contributed by atoms with Gasteiger partial charge in [-0.05, 0) is 22.2 Å². The number of rotatable bonds is 2. The molecule has 0 amide bonds. The molecule has 0 spiro atoms. The zero-order valence-electron chi connectivity index (χ0n) is 5.47. The third kappa shape index (κ3) is 35.9. The maximum Gasteiger partial charge on any atom is 0.105 e. The van der Waals surface area contributed by atoms with Crippen LogP contribution in [0.3, 0.4) is 0 Å². The van der Waals surface area contributed by atoms with E-state index in [2.05, 4.69) is 0 Å². The molecule has 9 heteroatoms. The van der Waals surface area contributed by atoms with Gasteiger partial charge < -0.3 is 19.3 Å². The average Bonchev–Trinajstić information content (AvgIpc) is 1.89. The molecule has 0 rings (SSSR count). The molecule has 0 aliphatic carbocycles. The van der Waals surface area contributed by atoms with Crippen LogP contribution >= 0.6 is 0 Å². The van der Waals surface area contributed by atoms with Gasteiger partial charge in [-0.1, -0.05) is 0 Å². The molecule has 0 saturated carbocycles.